The van der Waals surface area contributed by atoms with E-state index in [-0.39, 0.29) is 5.56 Å². The number of aryl methyl sites for hydroxylation is 1. The van der Waals surface area contributed by atoms with E-state index >= 15 is 0 Å². The van der Waals surface area contributed by atoms with E-state index in [2.05, 4.69) is 10.2 Å². The fraction of sp³-hybridized carbons (Fsp3) is 0.444. The first kappa shape index (κ1) is 20.6. The Hall–Kier alpha value is -1.76. The van der Waals surface area contributed by atoms with Crippen LogP contribution in [-0.2, 0) is 6.54 Å². The molecule has 1 aromatic heterocycles. The molecule has 0 amide bonds. The van der Waals surface area contributed by atoms with E-state index in [1.807, 2.05) is 13.0 Å². The monoisotopic (exact) mass is 399 g/mol. The summed E-state index contributed by atoms with van der Waals surface area (Å²) >= 11 is 11.6. The minimum Gasteiger partial charge on any atom is -0.477 e. The number of nitrogens with one attached hydrogen (secondary N) is 1. The van der Waals surface area contributed by atoms with Crippen LogP contribution in [0.15, 0.2) is 29.2 Å². The number of carboxylic acids is 1. The van der Waals surface area contributed by atoms with Crippen LogP contribution in [0, 0.1) is 0 Å². The lowest BCUT2D eigenvalue weighted by Gasteiger charge is -2.20. The molecule has 0 aliphatic carbocycles. The SMILES string of the molecule is CCn1cc(C(=O)O)c(=O)c2ccc(NCCN(CCCl)CCCl)cc21. The van der Waals surface area contributed by atoms with Crippen molar-refractivity contribution in [2.24, 2.45) is 0 Å². The molecule has 1 aromatic carbocycles. The zero-order valence-corrected chi connectivity index (χ0v) is 16.2. The summed E-state index contributed by atoms with van der Waals surface area (Å²) < 4.78 is 1.78. The van der Waals surface area contributed by atoms with Crippen molar-refractivity contribution in [3.8, 4) is 0 Å². The lowest BCUT2D eigenvalue weighted by molar-refractivity contribution is 0.0695. The van der Waals surface area contributed by atoms with Gasteiger partial charge in [-0.25, -0.2) is 4.79 Å². The molecule has 0 saturated carbocycles. The molecular weight excluding hydrogens is 377 g/mol. The highest BCUT2D eigenvalue weighted by molar-refractivity contribution is 6.18. The second kappa shape index (κ2) is 9.80. The molecule has 26 heavy (non-hydrogen) atoms. The van der Waals surface area contributed by atoms with Crippen molar-refractivity contribution in [2.45, 2.75) is 13.5 Å². The molecule has 142 valence electrons. The largest absolute Gasteiger partial charge is 0.477 e. The third kappa shape index (κ3) is 4.90. The molecule has 2 N–H and O–H groups in total. The number of carboxylic acid groups (broad SMARTS) is 1. The predicted molar refractivity (Wildman–Crippen MR) is 107 cm³/mol. The van der Waals surface area contributed by atoms with Crippen LogP contribution in [0.5, 0.6) is 0 Å². The first-order valence-corrected chi connectivity index (χ1v) is 9.57. The number of aromatic carboxylic acids is 1. The Bertz CT molecular complexity index is 817. The van der Waals surface area contributed by atoms with Gasteiger partial charge in [0.25, 0.3) is 0 Å². The number of nitrogens with zero attached hydrogens (tertiary/aromatic N) is 2. The quantitative estimate of drug-likeness (QED) is 0.600. The number of halogens is 2. The standard InChI is InChI=1S/C18H23Cl2N3O3/c1-2-23-12-15(18(25)26)17(24)14-4-3-13(11-16(14)23)21-7-10-22(8-5-19)9-6-20/h3-4,11-12,21H,2,5-10H2,1H3,(H,25,26). The number of benzene rings is 1. The Morgan fingerprint density at radius 3 is 2.50 bits per heavy atom. The van der Waals surface area contributed by atoms with Crippen molar-refractivity contribution in [1.29, 1.82) is 0 Å². The number of pyridine rings is 1. The Labute approximate surface area is 162 Å². The molecular formula is C18H23Cl2N3O3. The van der Waals surface area contributed by atoms with E-state index in [9.17, 15) is 14.7 Å². The van der Waals surface area contributed by atoms with Crippen LogP contribution in [0.3, 0.4) is 0 Å². The van der Waals surface area contributed by atoms with Gasteiger partial charge in [0.15, 0.2) is 0 Å². The highest BCUT2D eigenvalue weighted by Crippen LogP contribution is 2.18. The van der Waals surface area contributed by atoms with Gasteiger partial charge in [-0.2, -0.15) is 0 Å². The topological polar surface area (TPSA) is 74.6 Å². The fourth-order valence-corrected chi connectivity index (χ4v) is 3.33. The molecule has 2 rings (SSSR count). The van der Waals surface area contributed by atoms with E-state index in [0.29, 0.717) is 35.8 Å². The number of alkyl halides is 2. The number of anilines is 1. The molecule has 0 spiro atoms. The van der Waals surface area contributed by atoms with Crippen LogP contribution < -0.4 is 10.7 Å². The van der Waals surface area contributed by atoms with Crippen LogP contribution in [0.1, 0.15) is 17.3 Å². The van der Waals surface area contributed by atoms with Gasteiger partial charge >= 0.3 is 5.97 Å². The minimum absolute atomic E-state index is 0.210. The van der Waals surface area contributed by atoms with Crippen molar-refractivity contribution in [3.05, 3.63) is 40.2 Å². The van der Waals surface area contributed by atoms with Gasteiger partial charge in [-0.15, -0.1) is 23.2 Å². The summed E-state index contributed by atoms with van der Waals surface area (Å²) in [5.41, 5.74) is 0.918. The molecule has 0 saturated heterocycles. The Balaban J connectivity index is 2.22. The lowest BCUT2D eigenvalue weighted by Crippen LogP contribution is -2.32. The molecule has 8 heteroatoms. The molecule has 6 nitrogen and oxygen atoms in total. The smallest absolute Gasteiger partial charge is 0.341 e. The van der Waals surface area contributed by atoms with E-state index in [1.54, 1.807) is 16.7 Å². The zero-order chi connectivity index (χ0) is 19.1. The summed E-state index contributed by atoms with van der Waals surface area (Å²) in [7, 11) is 0. The summed E-state index contributed by atoms with van der Waals surface area (Å²) in [6.07, 6.45) is 1.40. The normalized spacial score (nSPS) is 11.2. The van der Waals surface area contributed by atoms with Crippen molar-refractivity contribution in [3.63, 3.8) is 0 Å². The number of fused-ring (bicyclic) bond motifs is 1. The van der Waals surface area contributed by atoms with Crippen LogP contribution in [-0.4, -0.2) is 58.5 Å². The number of hydrogen-bond donors (Lipinski definition) is 2. The number of aromatic nitrogens is 1. The molecule has 1 heterocycles. The Kier molecular flexibility index (Phi) is 7.75. The second-order valence-corrected chi connectivity index (χ2v) is 6.60. The van der Waals surface area contributed by atoms with Crippen LogP contribution in [0.25, 0.3) is 10.9 Å². The summed E-state index contributed by atoms with van der Waals surface area (Å²) in [6.45, 7) is 5.55. The third-order valence-electron chi connectivity index (χ3n) is 4.21. The lowest BCUT2D eigenvalue weighted by atomic mass is 10.1. The van der Waals surface area contributed by atoms with E-state index < -0.39 is 11.4 Å². The molecule has 0 fully saturated rings. The van der Waals surface area contributed by atoms with Crippen molar-refractivity contribution in [2.75, 3.05) is 43.3 Å². The number of hydrogen-bond acceptors (Lipinski definition) is 4. The molecule has 0 atom stereocenters. The average Bonchev–Trinajstić information content (AvgIpc) is 2.62. The minimum atomic E-state index is -1.21. The molecule has 0 aliphatic heterocycles. The van der Waals surface area contributed by atoms with Gasteiger partial charge in [-0.05, 0) is 25.1 Å². The van der Waals surface area contributed by atoms with Crippen LogP contribution in [0.2, 0.25) is 0 Å². The first-order chi connectivity index (χ1) is 12.5. The van der Waals surface area contributed by atoms with Crippen molar-refractivity contribution in [1.82, 2.24) is 9.47 Å². The predicted octanol–water partition coefficient (Wildman–Crippen LogP) is 2.91. The summed E-state index contributed by atoms with van der Waals surface area (Å²) in [6, 6.07) is 5.34. The first-order valence-electron chi connectivity index (χ1n) is 8.50. The van der Waals surface area contributed by atoms with Crippen molar-refractivity contribution < 1.29 is 9.90 Å². The number of rotatable bonds is 10. The maximum atomic E-state index is 12.4. The maximum absolute atomic E-state index is 12.4. The van der Waals surface area contributed by atoms with Gasteiger partial charge in [0.05, 0.1) is 5.52 Å². The van der Waals surface area contributed by atoms with E-state index in [1.165, 1.54) is 6.20 Å². The van der Waals surface area contributed by atoms with Gasteiger partial charge in [0, 0.05) is 61.8 Å². The van der Waals surface area contributed by atoms with E-state index in [0.717, 1.165) is 25.3 Å². The van der Waals surface area contributed by atoms with Gasteiger partial charge < -0.3 is 15.0 Å². The Morgan fingerprint density at radius 1 is 1.23 bits per heavy atom. The average molecular weight is 400 g/mol. The van der Waals surface area contributed by atoms with Gasteiger partial charge in [0.1, 0.15) is 5.56 Å². The molecule has 0 unspecified atom stereocenters. The molecule has 0 radical (unpaired) electrons. The summed E-state index contributed by atoms with van der Waals surface area (Å²) in [5.74, 6) is -0.0942. The number of carbonyl (C=O) groups is 1. The summed E-state index contributed by atoms with van der Waals surface area (Å²) in [5, 5.41) is 12.9. The summed E-state index contributed by atoms with van der Waals surface area (Å²) in [4.78, 5) is 25.8. The highest BCUT2D eigenvalue weighted by atomic mass is 35.5. The molecule has 0 aliphatic rings. The van der Waals surface area contributed by atoms with Crippen molar-refractivity contribution >= 4 is 45.8 Å². The highest BCUT2D eigenvalue weighted by Gasteiger charge is 2.14. The van der Waals surface area contributed by atoms with Gasteiger partial charge in [0.2, 0.25) is 5.43 Å². The second-order valence-electron chi connectivity index (χ2n) is 5.84. The zero-order valence-electron chi connectivity index (χ0n) is 14.7. The fourth-order valence-electron chi connectivity index (χ4n) is 2.85. The van der Waals surface area contributed by atoms with Gasteiger partial charge in [-0.1, -0.05) is 0 Å². The maximum Gasteiger partial charge on any atom is 0.341 e. The molecule has 2 aromatic rings. The van der Waals surface area contributed by atoms with Crippen LogP contribution >= 0.6 is 23.2 Å². The third-order valence-corrected chi connectivity index (χ3v) is 4.55. The van der Waals surface area contributed by atoms with E-state index in [4.69, 9.17) is 23.2 Å². The van der Waals surface area contributed by atoms with Gasteiger partial charge in [-0.3, -0.25) is 9.69 Å². The molecule has 0 bridgehead atoms. The Morgan fingerprint density at radius 2 is 1.92 bits per heavy atom. The van der Waals surface area contributed by atoms with Crippen LogP contribution in [0.4, 0.5) is 5.69 Å².